The SMILES string of the molecule is CCOC(=O)/C=C/c1ccc2c(c1O)C(O)=C1C(=O)[C@@]3(O)C(O)=C(C(N)=O)C(=O)[C@H](N(C)C)[C@H]3[C@H](O)[C@H]1C2. The van der Waals surface area contributed by atoms with Gasteiger partial charge in [0, 0.05) is 23.1 Å². The quantitative estimate of drug-likeness (QED) is 0.163. The standard InChI is InChI=1S/C26H28N2O10/c1-4-38-13(29)8-7-10-5-6-11-9-12-15(21(32)14(11)19(10)30)23(34)26(37)17(20(12)31)18(28(2)3)22(33)16(24(26)35)25(27)36/h5-8,12,17-18,20,30-32,35,37H,4,9H2,1-3H3,(H2,27,36)/b8-7+/t12-,17-,18+,20+,26+/m0/s1. The number of primary amides is 1. The number of amides is 1. The molecule has 0 radical (unpaired) electrons. The van der Waals surface area contributed by atoms with Gasteiger partial charge in [-0.1, -0.05) is 12.1 Å². The summed E-state index contributed by atoms with van der Waals surface area (Å²) in [6, 6.07) is 1.59. The number of carbonyl (C=O) groups is 4. The molecule has 3 aliphatic carbocycles. The molecule has 1 aromatic carbocycles. The molecule has 0 spiro atoms. The van der Waals surface area contributed by atoms with Crippen LogP contribution in [0, 0.1) is 11.8 Å². The molecule has 0 aromatic heterocycles. The van der Waals surface area contributed by atoms with Gasteiger partial charge in [-0.25, -0.2) is 4.79 Å². The highest BCUT2D eigenvalue weighted by Crippen LogP contribution is 2.53. The number of benzene rings is 1. The molecule has 1 aromatic rings. The van der Waals surface area contributed by atoms with Gasteiger partial charge in [-0.05, 0) is 39.1 Å². The summed E-state index contributed by atoms with van der Waals surface area (Å²) >= 11 is 0. The van der Waals surface area contributed by atoms with Crippen molar-refractivity contribution >= 4 is 35.3 Å². The summed E-state index contributed by atoms with van der Waals surface area (Å²) in [7, 11) is 2.87. The van der Waals surface area contributed by atoms with Crippen molar-refractivity contribution in [2.75, 3.05) is 20.7 Å². The van der Waals surface area contributed by atoms with Crippen LogP contribution in [0.25, 0.3) is 11.8 Å². The highest BCUT2D eigenvalue weighted by atomic mass is 16.5. The van der Waals surface area contributed by atoms with E-state index in [4.69, 9.17) is 10.5 Å². The summed E-state index contributed by atoms with van der Waals surface area (Å²) in [4.78, 5) is 51.9. The molecule has 202 valence electrons. The Hall–Kier alpha value is -4.00. The van der Waals surface area contributed by atoms with Crippen molar-refractivity contribution < 1.29 is 49.4 Å². The molecule has 1 saturated carbocycles. The van der Waals surface area contributed by atoms with Crippen LogP contribution in [0.4, 0.5) is 0 Å². The lowest BCUT2D eigenvalue weighted by Gasteiger charge is -2.52. The van der Waals surface area contributed by atoms with Gasteiger partial charge in [-0.3, -0.25) is 19.3 Å². The average molecular weight is 529 g/mol. The van der Waals surface area contributed by atoms with Crippen molar-refractivity contribution in [3.63, 3.8) is 0 Å². The number of hydrogen-bond donors (Lipinski definition) is 6. The van der Waals surface area contributed by atoms with Crippen LogP contribution >= 0.6 is 0 Å². The number of fused-ring (bicyclic) bond motifs is 3. The first-order chi connectivity index (χ1) is 17.8. The number of nitrogens with zero attached hydrogens (tertiary/aromatic N) is 1. The Morgan fingerprint density at radius 3 is 2.45 bits per heavy atom. The number of rotatable bonds is 5. The highest BCUT2D eigenvalue weighted by molar-refractivity contribution is 6.24. The molecular weight excluding hydrogens is 500 g/mol. The van der Waals surface area contributed by atoms with Crippen molar-refractivity contribution in [2.45, 2.75) is 31.1 Å². The third-order valence-electron chi connectivity index (χ3n) is 7.39. The highest BCUT2D eigenvalue weighted by Gasteiger charge is 2.67. The van der Waals surface area contributed by atoms with Crippen molar-refractivity contribution in [3.8, 4) is 5.75 Å². The lowest BCUT2D eigenvalue weighted by Crippen LogP contribution is -2.70. The molecule has 7 N–H and O–H groups in total. The van der Waals surface area contributed by atoms with E-state index in [0.29, 0.717) is 5.56 Å². The first kappa shape index (κ1) is 27.0. The van der Waals surface area contributed by atoms with Gasteiger partial charge in [0.25, 0.3) is 5.91 Å². The normalized spacial score (nSPS) is 28.9. The molecule has 0 bridgehead atoms. The predicted octanol–water partition coefficient (Wildman–Crippen LogP) is -0.489. The summed E-state index contributed by atoms with van der Waals surface area (Å²) in [5, 5.41) is 56.0. The molecule has 0 unspecified atom stereocenters. The first-order valence-corrected chi connectivity index (χ1v) is 11.8. The number of phenolic OH excluding ortho intramolecular Hbond substituents is 1. The van der Waals surface area contributed by atoms with Gasteiger partial charge < -0.3 is 36.0 Å². The van der Waals surface area contributed by atoms with Crippen LogP contribution in [0.3, 0.4) is 0 Å². The van der Waals surface area contributed by atoms with Crippen molar-refractivity contribution in [2.24, 2.45) is 17.6 Å². The van der Waals surface area contributed by atoms with Crippen LogP contribution < -0.4 is 5.73 Å². The fourth-order valence-electron chi connectivity index (χ4n) is 5.73. The molecule has 12 heteroatoms. The van der Waals surface area contributed by atoms with Crippen molar-refractivity contribution in [1.29, 1.82) is 0 Å². The lowest BCUT2D eigenvalue weighted by molar-refractivity contribution is -0.168. The number of Topliss-reactive ketones (excluding diaryl/α,β-unsaturated/α-hetero) is 2. The van der Waals surface area contributed by atoms with E-state index in [9.17, 15) is 44.7 Å². The number of aromatic hydroxyl groups is 1. The molecule has 4 rings (SSSR count). The van der Waals surface area contributed by atoms with E-state index < -0.39 is 81.4 Å². The Balaban J connectivity index is 1.92. The first-order valence-electron chi connectivity index (χ1n) is 11.8. The van der Waals surface area contributed by atoms with Gasteiger partial charge in [0.05, 0.1) is 30.2 Å². The number of phenols is 1. The minimum Gasteiger partial charge on any atom is -0.508 e. The zero-order valence-corrected chi connectivity index (χ0v) is 20.8. The van der Waals surface area contributed by atoms with Gasteiger partial charge in [0.1, 0.15) is 22.8 Å². The second-order valence-electron chi connectivity index (χ2n) is 9.67. The Bertz CT molecular complexity index is 1360. The topological polar surface area (TPSA) is 208 Å². The van der Waals surface area contributed by atoms with Crippen molar-refractivity contribution in [1.82, 2.24) is 4.90 Å². The van der Waals surface area contributed by atoms with Gasteiger partial charge >= 0.3 is 5.97 Å². The zero-order valence-electron chi connectivity index (χ0n) is 20.8. The molecule has 12 nitrogen and oxygen atoms in total. The van der Waals surface area contributed by atoms with Crippen molar-refractivity contribution in [3.05, 3.63) is 51.8 Å². The Kier molecular flexibility index (Phi) is 6.68. The molecule has 0 saturated heterocycles. The maximum absolute atomic E-state index is 13.8. The van der Waals surface area contributed by atoms with Crippen LogP contribution in [0.2, 0.25) is 0 Å². The number of ketones is 2. The second kappa shape index (κ2) is 9.39. The summed E-state index contributed by atoms with van der Waals surface area (Å²) < 4.78 is 4.81. The number of likely N-dealkylation sites (N-methyl/N-ethyl adjacent to an activating group) is 1. The Morgan fingerprint density at radius 1 is 1.21 bits per heavy atom. The monoisotopic (exact) mass is 528 g/mol. The predicted molar refractivity (Wildman–Crippen MR) is 131 cm³/mol. The summed E-state index contributed by atoms with van der Waals surface area (Å²) in [6.07, 6.45) is 0.589. The number of aliphatic hydroxyl groups is 4. The van der Waals surface area contributed by atoms with E-state index >= 15 is 0 Å². The van der Waals surface area contributed by atoms with Crippen LogP contribution in [0.5, 0.6) is 5.75 Å². The number of ether oxygens (including phenoxy) is 1. The van der Waals surface area contributed by atoms with Gasteiger partial charge in [0.2, 0.25) is 5.78 Å². The Labute approximate surface area is 216 Å². The molecule has 5 atom stereocenters. The number of hydrogen-bond acceptors (Lipinski definition) is 11. The fourth-order valence-corrected chi connectivity index (χ4v) is 5.73. The number of aliphatic hydroxyl groups excluding tert-OH is 3. The molecule has 0 aliphatic heterocycles. The summed E-state index contributed by atoms with van der Waals surface area (Å²) in [5.41, 5.74) is 1.13. The number of esters is 1. The fraction of sp³-hybridized carbons (Fsp3) is 0.385. The molecule has 0 heterocycles. The van der Waals surface area contributed by atoms with E-state index in [2.05, 4.69) is 0 Å². The minimum atomic E-state index is -2.97. The van der Waals surface area contributed by atoms with Gasteiger partial charge in [-0.15, -0.1) is 0 Å². The van der Waals surface area contributed by atoms with Gasteiger partial charge in [-0.2, -0.15) is 0 Å². The molecule has 1 fully saturated rings. The zero-order chi connectivity index (χ0) is 28.3. The van der Waals surface area contributed by atoms with E-state index in [0.717, 1.165) is 6.08 Å². The maximum Gasteiger partial charge on any atom is 0.330 e. The van der Waals surface area contributed by atoms with E-state index in [1.165, 1.54) is 37.2 Å². The van der Waals surface area contributed by atoms with E-state index in [1.54, 1.807) is 6.92 Å². The Morgan fingerprint density at radius 2 is 1.87 bits per heavy atom. The van der Waals surface area contributed by atoms with Crippen LogP contribution in [-0.2, 0) is 30.3 Å². The summed E-state index contributed by atoms with van der Waals surface area (Å²) in [5.74, 6) is -9.54. The maximum atomic E-state index is 13.8. The molecule has 38 heavy (non-hydrogen) atoms. The minimum absolute atomic E-state index is 0.0782. The smallest absolute Gasteiger partial charge is 0.330 e. The van der Waals surface area contributed by atoms with Crippen LogP contribution in [0.15, 0.2) is 35.1 Å². The number of carbonyl (C=O) groups excluding carboxylic acids is 4. The summed E-state index contributed by atoms with van der Waals surface area (Å²) in [6.45, 7) is 1.76. The van der Waals surface area contributed by atoms with Gasteiger partial charge in [0.15, 0.2) is 11.4 Å². The second-order valence-corrected chi connectivity index (χ2v) is 9.67. The molecule has 1 amide bonds. The third-order valence-corrected chi connectivity index (χ3v) is 7.39. The lowest BCUT2D eigenvalue weighted by atomic mass is 9.56. The van der Waals surface area contributed by atoms with E-state index in [-0.39, 0.29) is 24.2 Å². The molecular formula is C26H28N2O10. The van der Waals surface area contributed by atoms with Crippen LogP contribution in [-0.4, -0.2) is 92.3 Å². The number of nitrogens with two attached hydrogens (primary N) is 1. The molecule has 3 aliphatic rings. The van der Waals surface area contributed by atoms with Crippen LogP contribution in [0.1, 0.15) is 23.6 Å². The largest absolute Gasteiger partial charge is 0.508 e. The average Bonchev–Trinajstić information content (AvgIpc) is 2.83. The third kappa shape index (κ3) is 3.71. The van der Waals surface area contributed by atoms with E-state index in [1.807, 2.05) is 0 Å².